The first-order valence-electron chi connectivity index (χ1n) is 9.54. The first-order valence-corrected chi connectivity index (χ1v) is 9.54. The van der Waals surface area contributed by atoms with Gasteiger partial charge < -0.3 is 29.4 Å². The summed E-state index contributed by atoms with van der Waals surface area (Å²) in [6, 6.07) is 7.30. The molecule has 2 N–H and O–H groups in total. The maximum Gasteiger partial charge on any atom is 0.494 e. The molecule has 2 heterocycles. The Bertz CT molecular complexity index is 818. The minimum atomic E-state index is -0.574. The maximum absolute atomic E-state index is 12.6. The van der Waals surface area contributed by atoms with Crippen molar-refractivity contribution >= 4 is 30.1 Å². The van der Waals surface area contributed by atoms with E-state index >= 15 is 0 Å². The molecule has 0 atom stereocenters. The lowest BCUT2D eigenvalue weighted by atomic mass is 9.79. The van der Waals surface area contributed by atoms with Crippen LogP contribution in [0.3, 0.4) is 0 Å². The highest BCUT2D eigenvalue weighted by molar-refractivity contribution is 6.62. The van der Waals surface area contributed by atoms with Crippen molar-refractivity contribution in [3.8, 4) is 0 Å². The number of esters is 1. The van der Waals surface area contributed by atoms with Crippen LogP contribution in [-0.2, 0) is 23.6 Å². The zero-order chi connectivity index (χ0) is 21.4. The van der Waals surface area contributed by atoms with Crippen LogP contribution >= 0.6 is 0 Å². The Morgan fingerprint density at radius 3 is 2.31 bits per heavy atom. The number of aliphatic hydroxyl groups is 1. The van der Waals surface area contributed by atoms with E-state index in [1.807, 2.05) is 39.8 Å². The van der Waals surface area contributed by atoms with Crippen LogP contribution in [-0.4, -0.2) is 67.0 Å². The molecule has 1 fully saturated rings. The number of amides is 1. The quantitative estimate of drug-likeness (QED) is 0.533. The molecule has 0 saturated carbocycles. The van der Waals surface area contributed by atoms with E-state index in [0.717, 1.165) is 5.46 Å². The number of nitrogens with one attached hydrogen (secondary N) is 1. The van der Waals surface area contributed by atoms with Crippen molar-refractivity contribution in [3.05, 3.63) is 35.5 Å². The van der Waals surface area contributed by atoms with Gasteiger partial charge in [0.25, 0.3) is 5.91 Å². The molecule has 0 spiro atoms. The molecule has 2 aliphatic heterocycles. The van der Waals surface area contributed by atoms with Gasteiger partial charge in [-0.05, 0) is 45.3 Å². The summed E-state index contributed by atoms with van der Waals surface area (Å²) in [7, 11) is 0.790. The van der Waals surface area contributed by atoms with Gasteiger partial charge in [0.15, 0.2) is 0 Å². The molecule has 0 radical (unpaired) electrons. The second-order valence-electron chi connectivity index (χ2n) is 8.13. The van der Waals surface area contributed by atoms with Crippen molar-refractivity contribution in [2.75, 3.05) is 32.1 Å². The van der Waals surface area contributed by atoms with Crippen LogP contribution in [0.4, 0.5) is 5.69 Å². The highest BCUT2D eigenvalue weighted by atomic mass is 16.7. The van der Waals surface area contributed by atoms with Crippen LogP contribution < -0.4 is 10.8 Å². The maximum atomic E-state index is 12.6. The highest BCUT2D eigenvalue weighted by Crippen LogP contribution is 2.36. The molecule has 0 unspecified atom stereocenters. The van der Waals surface area contributed by atoms with Gasteiger partial charge in [-0.3, -0.25) is 4.79 Å². The Morgan fingerprint density at radius 2 is 1.79 bits per heavy atom. The largest absolute Gasteiger partial charge is 0.494 e. The molecular formula is C20H27BN2O6. The van der Waals surface area contributed by atoms with Crippen molar-refractivity contribution in [2.24, 2.45) is 0 Å². The molecule has 1 amide bonds. The minimum Gasteiger partial charge on any atom is -0.466 e. The van der Waals surface area contributed by atoms with E-state index in [1.165, 1.54) is 12.0 Å². The number of β-amino-alcohol motifs (C(OH)–C–C–N with tert-alkyl or cyclic N) is 1. The molecule has 1 saturated heterocycles. The number of ether oxygens (including phenoxy) is 1. The number of benzene rings is 1. The van der Waals surface area contributed by atoms with Crippen LogP contribution in [0, 0.1) is 0 Å². The summed E-state index contributed by atoms with van der Waals surface area (Å²) in [6.07, 6.45) is 0. The number of carbonyl (C=O) groups excluding carboxylic acids is 2. The number of methoxy groups -OCH3 is 1. The van der Waals surface area contributed by atoms with Crippen molar-refractivity contribution < 1.29 is 28.7 Å². The third kappa shape index (κ3) is 4.03. The fourth-order valence-electron chi connectivity index (χ4n) is 3.20. The predicted octanol–water partition coefficient (Wildman–Crippen LogP) is 0.659. The van der Waals surface area contributed by atoms with Crippen molar-refractivity contribution in [3.63, 3.8) is 0 Å². The standard InChI is InChI=1S/C20H27BN2O6/c1-19(2)20(3,4)29-21(28-19)13-6-8-14(9-7-13)22-16-15(18(26)27-5)12-23(10-11-24)17(16)25/h6-9,22,24H,10-12H2,1-5H3. The van der Waals surface area contributed by atoms with Gasteiger partial charge in [-0.2, -0.15) is 0 Å². The zero-order valence-electron chi connectivity index (χ0n) is 17.4. The molecule has 29 heavy (non-hydrogen) atoms. The van der Waals surface area contributed by atoms with Gasteiger partial charge in [0.2, 0.25) is 0 Å². The monoisotopic (exact) mass is 402 g/mol. The zero-order valence-corrected chi connectivity index (χ0v) is 17.4. The summed E-state index contributed by atoms with van der Waals surface area (Å²) in [5.74, 6) is -0.926. The lowest BCUT2D eigenvalue weighted by molar-refractivity contribution is -0.136. The van der Waals surface area contributed by atoms with E-state index in [4.69, 9.17) is 19.2 Å². The summed E-state index contributed by atoms with van der Waals surface area (Å²) in [5, 5.41) is 12.2. The van der Waals surface area contributed by atoms with Crippen LogP contribution in [0.15, 0.2) is 35.5 Å². The van der Waals surface area contributed by atoms with Crippen LogP contribution in [0.25, 0.3) is 0 Å². The molecule has 0 aromatic heterocycles. The van der Waals surface area contributed by atoms with E-state index < -0.39 is 24.3 Å². The van der Waals surface area contributed by atoms with Crippen molar-refractivity contribution in [1.29, 1.82) is 0 Å². The lowest BCUT2D eigenvalue weighted by Crippen LogP contribution is -2.41. The van der Waals surface area contributed by atoms with Gasteiger partial charge >= 0.3 is 13.1 Å². The summed E-state index contributed by atoms with van der Waals surface area (Å²) < 4.78 is 16.9. The molecule has 1 aromatic carbocycles. The Hall–Kier alpha value is -2.36. The second kappa shape index (κ2) is 7.81. The van der Waals surface area contributed by atoms with Gasteiger partial charge in [-0.1, -0.05) is 12.1 Å². The summed E-state index contributed by atoms with van der Waals surface area (Å²) in [5.41, 5.74) is 1.04. The fraction of sp³-hybridized carbons (Fsp3) is 0.500. The summed E-state index contributed by atoms with van der Waals surface area (Å²) in [4.78, 5) is 26.1. The van der Waals surface area contributed by atoms with Crippen LogP contribution in [0.2, 0.25) is 0 Å². The molecule has 0 bridgehead atoms. The number of nitrogens with zero attached hydrogens (tertiary/aromatic N) is 1. The van der Waals surface area contributed by atoms with Crippen molar-refractivity contribution in [2.45, 2.75) is 38.9 Å². The smallest absolute Gasteiger partial charge is 0.466 e. The number of rotatable bonds is 6. The third-order valence-electron chi connectivity index (χ3n) is 5.66. The normalized spacial score (nSPS) is 20.4. The molecule has 3 rings (SSSR count). The third-order valence-corrected chi connectivity index (χ3v) is 5.66. The second-order valence-corrected chi connectivity index (χ2v) is 8.13. The van der Waals surface area contributed by atoms with Gasteiger partial charge in [0, 0.05) is 12.2 Å². The molecular weight excluding hydrogens is 375 g/mol. The van der Waals surface area contributed by atoms with Gasteiger partial charge in [-0.15, -0.1) is 0 Å². The first kappa shape index (κ1) is 21.4. The Labute approximate surface area is 170 Å². The Kier molecular flexibility index (Phi) is 5.75. The Morgan fingerprint density at radius 1 is 1.21 bits per heavy atom. The van der Waals surface area contributed by atoms with E-state index in [9.17, 15) is 9.59 Å². The molecule has 156 valence electrons. The van der Waals surface area contributed by atoms with E-state index in [1.54, 1.807) is 12.1 Å². The number of hydrogen-bond donors (Lipinski definition) is 2. The number of aliphatic hydroxyl groups excluding tert-OH is 1. The van der Waals surface area contributed by atoms with Gasteiger partial charge in [0.05, 0.1) is 37.0 Å². The summed E-state index contributed by atoms with van der Waals surface area (Å²) in [6.45, 7) is 8.03. The first-order chi connectivity index (χ1) is 13.6. The van der Waals surface area contributed by atoms with Gasteiger partial charge in [-0.25, -0.2) is 4.79 Å². The van der Waals surface area contributed by atoms with E-state index in [0.29, 0.717) is 5.69 Å². The summed E-state index contributed by atoms with van der Waals surface area (Å²) >= 11 is 0. The SMILES string of the molecule is COC(=O)C1=C(Nc2ccc(B3OC(C)(C)C(C)(C)O3)cc2)C(=O)N(CCO)C1. The molecule has 8 nitrogen and oxygen atoms in total. The molecule has 0 aliphatic carbocycles. The molecule has 1 aromatic rings. The topological polar surface area (TPSA) is 97.3 Å². The van der Waals surface area contributed by atoms with E-state index in [2.05, 4.69) is 5.32 Å². The van der Waals surface area contributed by atoms with Gasteiger partial charge in [0.1, 0.15) is 5.70 Å². The number of anilines is 1. The average Bonchev–Trinajstić information content (AvgIpc) is 3.08. The van der Waals surface area contributed by atoms with Crippen molar-refractivity contribution in [1.82, 2.24) is 4.90 Å². The van der Waals surface area contributed by atoms with Crippen LogP contribution in [0.1, 0.15) is 27.7 Å². The molecule has 9 heteroatoms. The lowest BCUT2D eigenvalue weighted by Gasteiger charge is -2.32. The van der Waals surface area contributed by atoms with Crippen LogP contribution in [0.5, 0.6) is 0 Å². The molecule has 2 aliphatic rings. The predicted molar refractivity (Wildman–Crippen MR) is 108 cm³/mol. The average molecular weight is 402 g/mol. The van der Waals surface area contributed by atoms with E-state index in [-0.39, 0.29) is 36.9 Å². The minimum absolute atomic E-state index is 0.0976. The Balaban J connectivity index is 1.78. The highest BCUT2D eigenvalue weighted by Gasteiger charge is 2.51. The fourth-order valence-corrected chi connectivity index (χ4v) is 3.20. The number of carbonyl (C=O) groups is 2. The number of hydrogen-bond acceptors (Lipinski definition) is 7.